The summed E-state index contributed by atoms with van der Waals surface area (Å²) in [5.74, 6) is -3.91. The summed E-state index contributed by atoms with van der Waals surface area (Å²) in [6.07, 6.45) is 0.621. The van der Waals surface area contributed by atoms with E-state index in [1.165, 1.54) is 24.3 Å². The van der Waals surface area contributed by atoms with Crippen LogP contribution in [0, 0.1) is 17.0 Å². The summed E-state index contributed by atoms with van der Waals surface area (Å²) in [7, 11) is 0. The van der Waals surface area contributed by atoms with Crippen LogP contribution in [0.5, 0.6) is 0 Å². The van der Waals surface area contributed by atoms with Gasteiger partial charge >= 0.3 is 0 Å². The number of rotatable bonds is 8. The van der Waals surface area contributed by atoms with Gasteiger partial charge in [0.2, 0.25) is 0 Å². The Morgan fingerprint density at radius 2 is 1.78 bits per heavy atom. The van der Waals surface area contributed by atoms with E-state index in [1.807, 2.05) is 0 Å². The third-order valence-corrected chi connectivity index (χ3v) is 7.86. The van der Waals surface area contributed by atoms with E-state index in [0.29, 0.717) is 23.6 Å². The van der Waals surface area contributed by atoms with Gasteiger partial charge in [0.15, 0.2) is 0 Å². The molecule has 0 heterocycles. The summed E-state index contributed by atoms with van der Waals surface area (Å²) >= 11 is 25.3. The number of aldehydes is 1. The molecule has 0 spiro atoms. The zero-order valence-electron chi connectivity index (χ0n) is 18.7. The number of nitrogens with one attached hydrogen (secondary N) is 2. The summed E-state index contributed by atoms with van der Waals surface area (Å²) in [6.45, 7) is 3.21. The van der Waals surface area contributed by atoms with Crippen LogP contribution in [0.2, 0.25) is 10.0 Å². The first kappa shape index (κ1) is 27.3. The highest BCUT2D eigenvalue weighted by Gasteiger charge is 2.76. The number of carbonyl (C=O) groups excluding carboxylic acids is 2. The average molecular weight is 588 g/mol. The minimum atomic E-state index is -1.53. The zero-order valence-corrected chi connectivity index (χ0v) is 21.8. The van der Waals surface area contributed by atoms with Crippen molar-refractivity contribution >= 4 is 75.8 Å². The minimum Gasteiger partial charge on any atom is -0.384 e. The van der Waals surface area contributed by atoms with Gasteiger partial charge in [0.1, 0.15) is 28.1 Å². The fourth-order valence-electron chi connectivity index (χ4n) is 4.16. The molecule has 1 amide bonds. The monoisotopic (exact) mass is 586 g/mol. The summed E-state index contributed by atoms with van der Waals surface area (Å²) in [4.78, 5) is 24.9. The summed E-state index contributed by atoms with van der Waals surface area (Å²) in [5, 5.41) is 5.66. The van der Waals surface area contributed by atoms with E-state index in [0.717, 1.165) is 12.1 Å². The Bertz CT molecular complexity index is 1430. The minimum absolute atomic E-state index is 0.00755. The molecule has 1 aliphatic rings. The number of benzene rings is 3. The maximum atomic E-state index is 14.0. The molecule has 2 unspecified atom stereocenters. The number of carbonyl (C=O) groups is 2. The van der Waals surface area contributed by atoms with E-state index in [2.05, 4.69) is 17.2 Å². The van der Waals surface area contributed by atoms with Crippen LogP contribution >= 0.6 is 46.4 Å². The van der Waals surface area contributed by atoms with E-state index >= 15 is 0 Å². The van der Waals surface area contributed by atoms with Crippen molar-refractivity contribution in [2.24, 2.45) is 5.41 Å². The van der Waals surface area contributed by atoms with Crippen LogP contribution in [-0.4, -0.2) is 23.1 Å². The average Bonchev–Trinajstić information content (AvgIpc) is 3.34. The normalized spacial score (nSPS) is 19.7. The number of hydrogen-bond acceptors (Lipinski definition) is 3. The molecular formula is C26H17Cl4F3N2O2. The molecule has 0 aromatic heterocycles. The Balaban J connectivity index is 1.56. The van der Waals surface area contributed by atoms with Crippen molar-refractivity contribution < 1.29 is 22.8 Å². The van der Waals surface area contributed by atoms with Crippen molar-refractivity contribution in [2.45, 2.75) is 10.3 Å². The smallest absolute Gasteiger partial charge is 0.257 e. The van der Waals surface area contributed by atoms with E-state index in [9.17, 15) is 22.8 Å². The lowest BCUT2D eigenvalue weighted by Crippen LogP contribution is -2.23. The molecule has 11 heteroatoms. The second kappa shape index (κ2) is 10.2. The van der Waals surface area contributed by atoms with E-state index in [-0.39, 0.29) is 33.4 Å². The standard InChI is InChI=1S/C26H17Cl4F3N2O2/c1-13(31)14-6-15(8-16(27)7-14)23-25(12-36,26(23,29)30)11-34-18-3-4-20(28)19(10-18)24(37)35-22-5-2-17(32)9-21(22)33/h2-10,12,23,34H,1,11H2,(H,35,37). The van der Waals surface area contributed by atoms with Crippen LogP contribution in [0.1, 0.15) is 27.4 Å². The Labute approximate surface area is 230 Å². The van der Waals surface area contributed by atoms with Crippen molar-refractivity contribution in [3.63, 3.8) is 0 Å². The number of anilines is 2. The molecule has 3 aromatic carbocycles. The van der Waals surface area contributed by atoms with Crippen LogP contribution in [-0.2, 0) is 4.79 Å². The van der Waals surface area contributed by atoms with Crippen LogP contribution in [0.25, 0.3) is 5.83 Å². The second-order valence-electron chi connectivity index (χ2n) is 8.52. The SMILES string of the molecule is C=C(F)c1cc(Cl)cc(C2C(Cl)(Cl)C2(C=O)CNc2ccc(Cl)c(C(=O)Nc3ccc(F)cc3F)c2)c1. The molecule has 37 heavy (non-hydrogen) atoms. The lowest BCUT2D eigenvalue weighted by molar-refractivity contribution is -0.112. The molecule has 0 saturated heterocycles. The summed E-state index contributed by atoms with van der Waals surface area (Å²) in [6, 6.07) is 11.5. The number of alkyl halides is 2. The van der Waals surface area contributed by atoms with Crippen LogP contribution in [0.4, 0.5) is 24.5 Å². The van der Waals surface area contributed by atoms with Crippen molar-refractivity contribution in [3.8, 4) is 0 Å². The molecule has 0 aliphatic heterocycles. The van der Waals surface area contributed by atoms with Gasteiger partial charge in [-0.2, -0.15) is 0 Å². The highest BCUT2D eigenvalue weighted by atomic mass is 35.5. The molecule has 192 valence electrons. The quantitative estimate of drug-likeness (QED) is 0.207. The molecule has 3 aromatic rings. The fraction of sp³-hybridized carbons (Fsp3) is 0.154. The lowest BCUT2D eigenvalue weighted by Gasteiger charge is -2.15. The molecule has 4 nitrogen and oxygen atoms in total. The molecule has 2 atom stereocenters. The van der Waals surface area contributed by atoms with Gasteiger partial charge in [-0.3, -0.25) is 4.79 Å². The molecule has 0 bridgehead atoms. The van der Waals surface area contributed by atoms with Gasteiger partial charge in [0.05, 0.1) is 21.7 Å². The fourth-order valence-corrected chi connectivity index (χ4v) is 5.59. The summed E-state index contributed by atoms with van der Waals surface area (Å²) in [5.41, 5.74) is -0.571. The third-order valence-electron chi connectivity index (χ3n) is 6.17. The molecular weight excluding hydrogens is 571 g/mol. The number of halogens is 7. The van der Waals surface area contributed by atoms with E-state index < -0.39 is 39.0 Å². The highest BCUT2D eigenvalue weighted by Crippen LogP contribution is 2.73. The van der Waals surface area contributed by atoms with Gasteiger partial charge in [-0.05, 0) is 54.1 Å². The third kappa shape index (κ3) is 5.18. The Kier molecular flexibility index (Phi) is 7.55. The van der Waals surface area contributed by atoms with Crippen molar-refractivity contribution in [1.82, 2.24) is 0 Å². The Morgan fingerprint density at radius 1 is 1.05 bits per heavy atom. The second-order valence-corrected chi connectivity index (χ2v) is 10.7. The topological polar surface area (TPSA) is 58.2 Å². The van der Waals surface area contributed by atoms with E-state index in [4.69, 9.17) is 46.4 Å². The largest absolute Gasteiger partial charge is 0.384 e. The van der Waals surface area contributed by atoms with Gasteiger partial charge in [0, 0.05) is 34.8 Å². The van der Waals surface area contributed by atoms with Crippen LogP contribution in [0.15, 0.2) is 61.2 Å². The maximum Gasteiger partial charge on any atom is 0.257 e. The first-order valence-corrected chi connectivity index (χ1v) is 12.2. The van der Waals surface area contributed by atoms with Gasteiger partial charge in [-0.1, -0.05) is 53.0 Å². The molecule has 1 aliphatic carbocycles. The zero-order chi connectivity index (χ0) is 27.1. The lowest BCUT2D eigenvalue weighted by atomic mass is 9.98. The molecule has 4 rings (SSSR count). The predicted molar refractivity (Wildman–Crippen MR) is 142 cm³/mol. The predicted octanol–water partition coefficient (Wildman–Crippen LogP) is 8.03. The first-order valence-electron chi connectivity index (χ1n) is 10.7. The van der Waals surface area contributed by atoms with E-state index in [1.54, 1.807) is 12.1 Å². The molecule has 2 N–H and O–H groups in total. The van der Waals surface area contributed by atoms with Crippen LogP contribution < -0.4 is 10.6 Å². The highest BCUT2D eigenvalue weighted by molar-refractivity contribution is 6.54. The molecule has 1 saturated carbocycles. The van der Waals surface area contributed by atoms with Gasteiger partial charge in [-0.25, -0.2) is 13.2 Å². The summed E-state index contributed by atoms with van der Waals surface area (Å²) < 4.78 is 39.3. The van der Waals surface area contributed by atoms with Gasteiger partial charge in [-0.15, -0.1) is 0 Å². The Hall–Kier alpha value is -2.71. The van der Waals surface area contributed by atoms with Gasteiger partial charge < -0.3 is 15.4 Å². The van der Waals surface area contributed by atoms with Gasteiger partial charge in [0.25, 0.3) is 5.91 Å². The molecule has 0 radical (unpaired) electrons. The van der Waals surface area contributed by atoms with Crippen molar-refractivity contribution in [2.75, 3.05) is 17.2 Å². The van der Waals surface area contributed by atoms with Crippen molar-refractivity contribution in [1.29, 1.82) is 0 Å². The van der Waals surface area contributed by atoms with Crippen LogP contribution in [0.3, 0.4) is 0 Å². The number of hydrogen-bond donors (Lipinski definition) is 2. The number of amides is 1. The first-order chi connectivity index (χ1) is 17.4. The van der Waals surface area contributed by atoms with Crippen molar-refractivity contribution in [3.05, 3.63) is 99.5 Å². The molecule has 1 fully saturated rings. The Morgan fingerprint density at radius 3 is 2.43 bits per heavy atom. The maximum absolute atomic E-state index is 14.0.